The van der Waals surface area contributed by atoms with Crippen molar-refractivity contribution in [3.63, 3.8) is 0 Å². The van der Waals surface area contributed by atoms with E-state index in [-0.39, 0.29) is 0 Å². The molecule has 0 aliphatic heterocycles. The van der Waals surface area contributed by atoms with Crippen molar-refractivity contribution in [2.45, 2.75) is 72.4 Å². The van der Waals surface area contributed by atoms with E-state index < -0.39 is 0 Å². The predicted molar refractivity (Wildman–Crippen MR) is 105 cm³/mol. The first-order valence-corrected chi connectivity index (χ1v) is 9.89. The van der Waals surface area contributed by atoms with Crippen LogP contribution in [-0.2, 0) is 18.3 Å². The Morgan fingerprint density at radius 2 is 2.04 bits per heavy atom. The summed E-state index contributed by atoms with van der Waals surface area (Å²) in [5.74, 6) is 2.65. The summed E-state index contributed by atoms with van der Waals surface area (Å²) in [4.78, 5) is 4.75. The second-order valence-electron chi connectivity index (χ2n) is 7.95. The molecule has 1 aromatic heterocycles. The maximum absolute atomic E-state index is 5.41. The Labute approximate surface area is 158 Å². The van der Waals surface area contributed by atoms with Crippen molar-refractivity contribution in [1.82, 2.24) is 25.4 Å². The molecule has 1 heterocycles. The van der Waals surface area contributed by atoms with Gasteiger partial charge in [-0.15, -0.1) is 10.2 Å². The lowest BCUT2D eigenvalue weighted by atomic mass is 9.75. The molecule has 0 atom stereocenters. The molecule has 1 aromatic rings. The predicted octanol–water partition coefficient (Wildman–Crippen LogP) is 2.55. The maximum Gasteiger partial charge on any atom is 0.191 e. The molecule has 0 saturated heterocycles. The molecule has 1 aliphatic rings. The first-order valence-electron chi connectivity index (χ1n) is 9.89. The molecule has 7 nitrogen and oxygen atoms in total. The molecular weight excluding hydrogens is 328 g/mol. The van der Waals surface area contributed by atoms with Crippen molar-refractivity contribution in [2.75, 3.05) is 19.8 Å². The van der Waals surface area contributed by atoms with Crippen LogP contribution in [0.25, 0.3) is 0 Å². The highest BCUT2D eigenvalue weighted by Gasteiger charge is 2.27. The van der Waals surface area contributed by atoms with Crippen LogP contribution < -0.4 is 10.6 Å². The van der Waals surface area contributed by atoms with Gasteiger partial charge in [0.05, 0.1) is 0 Å². The van der Waals surface area contributed by atoms with Crippen LogP contribution in [0.1, 0.15) is 64.5 Å². The minimum absolute atomic E-state index is 0.469. The molecule has 0 radical (unpaired) electrons. The van der Waals surface area contributed by atoms with Crippen LogP contribution in [0.2, 0.25) is 0 Å². The molecule has 26 heavy (non-hydrogen) atoms. The van der Waals surface area contributed by atoms with Gasteiger partial charge in [-0.25, -0.2) is 4.99 Å². The molecule has 1 saturated carbocycles. The Balaban J connectivity index is 1.92. The molecule has 0 bridgehead atoms. The molecule has 7 heteroatoms. The van der Waals surface area contributed by atoms with Crippen molar-refractivity contribution in [1.29, 1.82) is 0 Å². The Morgan fingerprint density at radius 1 is 1.31 bits per heavy atom. The number of nitrogens with one attached hydrogen (secondary N) is 2. The largest absolute Gasteiger partial charge is 0.382 e. The number of hydrogen-bond donors (Lipinski definition) is 2. The maximum atomic E-state index is 5.41. The summed E-state index contributed by atoms with van der Waals surface area (Å²) in [5.41, 5.74) is 0.469. The monoisotopic (exact) mass is 364 g/mol. The van der Waals surface area contributed by atoms with Gasteiger partial charge in [-0.2, -0.15) is 0 Å². The van der Waals surface area contributed by atoms with E-state index in [1.54, 1.807) is 0 Å². The van der Waals surface area contributed by atoms with Crippen LogP contribution in [-0.4, -0.2) is 46.5 Å². The summed E-state index contributed by atoms with van der Waals surface area (Å²) in [6.45, 7) is 11.6. The highest BCUT2D eigenvalue weighted by atomic mass is 16.5. The number of aliphatic imine (C=N–C) groups is 1. The second kappa shape index (κ2) is 9.90. The van der Waals surface area contributed by atoms with E-state index in [2.05, 4.69) is 34.7 Å². The fourth-order valence-electron chi connectivity index (χ4n) is 3.15. The van der Waals surface area contributed by atoms with E-state index in [9.17, 15) is 0 Å². The number of nitrogens with zero attached hydrogens (tertiary/aromatic N) is 4. The standard InChI is InChI=1S/C19H36N6O/c1-6-26-13-7-12-20-18(21-14-17-24-23-15(2)25(17)5)22-16-8-10-19(3,4)11-9-16/h16H,6-14H2,1-5H3,(H2,20,21,22). The third-order valence-electron chi connectivity index (χ3n) is 5.20. The first-order chi connectivity index (χ1) is 12.4. The van der Waals surface area contributed by atoms with Crippen molar-refractivity contribution < 1.29 is 4.74 Å². The highest BCUT2D eigenvalue weighted by molar-refractivity contribution is 5.80. The Hall–Kier alpha value is -1.63. The Morgan fingerprint density at radius 3 is 2.65 bits per heavy atom. The molecule has 2 N–H and O–H groups in total. The van der Waals surface area contributed by atoms with Crippen LogP contribution in [0.4, 0.5) is 0 Å². The van der Waals surface area contributed by atoms with Crippen LogP contribution in [0, 0.1) is 12.3 Å². The van der Waals surface area contributed by atoms with Crippen molar-refractivity contribution in [3.05, 3.63) is 11.6 Å². The minimum atomic E-state index is 0.469. The van der Waals surface area contributed by atoms with Gasteiger partial charge < -0.3 is 19.9 Å². The lowest BCUT2D eigenvalue weighted by molar-refractivity contribution is 0.145. The number of hydrogen-bond acceptors (Lipinski definition) is 4. The van der Waals surface area contributed by atoms with Crippen molar-refractivity contribution in [2.24, 2.45) is 17.5 Å². The van der Waals surface area contributed by atoms with Gasteiger partial charge in [-0.05, 0) is 51.4 Å². The van der Waals surface area contributed by atoms with Gasteiger partial charge in [-0.3, -0.25) is 0 Å². The summed E-state index contributed by atoms with van der Waals surface area (Å²) < 4.78 is 7.40. The molecule has 0 spiro atoms. The fourth-order valence-corrected chi connectivity index (χ4v) is 3.15. The summed E-state index contributed by atoms with van der Waals surface area (Å²) >= 11 is 0. The van der Waals surface area contributed by atoms with Crippen molar-refractivity contribution >= 4 is 5.96 Å². The van der Waals surface area contributed by atoms with E-state index in [0.717, 1.165) is 43.8 Å². The van der Waals surface area contributed by atoms with E-state index in [4.69, 9.17) is 9.73 Å². The zero-order valence-corrected chi connectivity index (χ0v) is 17.1. The lowest BCUT2D eigenvalue weighted by Crippen LogP contribution is -2.46. The number of rotatable bonds is 8. The van der Waals surface area contributed by atoms with Gasteiger partial charge in [0, 0.05) is 32.8 Å². The summed E-state index contributed by atoms with van der Waals surface area (Å²) in [5, 5.41) is 15.4. The van der Waals surface area contributed by atoms with Crippen LogP contribution in [0.5, 0.6) is 0 Å². The Bertz CT molecular complexity index is 571. The number of aryl methyl sites for hydroxylation is 1. The third kappa shape index (κ3) is 6.59. The van der Waals surface area contributed by atoms with E-state index in [1.807, 2.05) is 25.5 Å². The number of ether oxygens (including phenoxy) is 1. The minimum Gasteiger partial charge on any atom is -0.382 e. The van der Waals surface area contributed by atoms with Gasteiger partial charge in [-0.1, -0.05) is 13.8 Å². The molecule has 148 valence electrons. The van der Waals surface area contributed by atoms with E-state index in [1.165, 1.54) is 25.7 Å². The molecule has 1 fully saturated rings. The van der Waals surface area contributed by atoms with Gasteiger partial charge in [0.1, 0.15) is 12.4 Å². The average molecular weight is 365 g/mol. The normalized spacial score (nSPS) is 18.1. The highest BCUT2D eigenvalue weighted by Crippen LogP contribution is 2.34. The molecule has 0 amide bonds. The summed E-state index contributed by atoms with van der Waals surface area (Å²) in [7, 11) is 1.98. The lowest BCUT2D eigenvalue weighted by Gasteiger charge is -2.35. The number of guanidine groups is 1. The second-order valence-corrected chi connectivity index (χ2v) is 7.95. The third-order valence-corrected chi connectivity index (χ3v) is 5.20. The molecule has 1 aliphatic carbocycles. The van der Waals surface area contributed by atoms with E-state index in [0.29, 0.717) is 18.0 Å². The number of aromatic nitrogens is 3. The first kappa shape index (κ1) is 20.7. The average Bonchev–Trinajstić information content (AvgIpc) is 2.92. The zero-order chi connectivity index (χ0) is 19.0. The van der Waals surface area contributed by atoms with Gasteiger partial charge in [0.25, 0.3) is 0 Å². The van der Waals surface area contributed by atoms with Crippen LogP contribution in [0.3, 0.4) is 0 Å². The van der Waals surface area contributed by atoms with Crippen LogP contribution >= 0.6 is 0 Å². The quantitative estimate of drug-likeness (QED) is 0.421. The zero-order valence-electron chi connectivity index (χ0n) is 17.1. The summed E-state index contributed by atoms with van der Waals surface area (Å²) in [6, 6.07) is 0.488. The van der Waals surface area contributed by atoms with Crippen molar-refractivity contribution in [3.8, 4) is 0 Å². The Kier molecular flexibility index (Phi) is 7.87. The van der Waals surface area contributed by atoms with E-state index >= 15 is 0 Å². The summed E-state index contributed by atoms with van der Waals surface area (Å²) in [6.07, 6.45) is 5.86. The van der Waals surface area contributed by atoms with Gasteiger partial charge >= 0.3 is 0 Å². The molecule has 2 rings (SSSR count). The molecular formula is C19H36N6O. The topological polar surface area (TPSA) is 76.4 Å². The fraction of sp³-hybridized carbons (Fsp3) is 0.842. The molecule has 0 aromatic carbocycles. The SMILES string of the molecule is CCOCCCNC(=NCc1nnc(C)n1C)NC1CCC(C)(C)CC1. The van der Waals surface area contributed by atoms with Gasteiger partial charge in [0.15, 0.2) is 11.8 Å². The van der Waals surface area contributed by atoms with Gasteiger partial charge in [0.2, 0.25) is 0 Å². The smallest absolute Gasteiger partial charge is 0.191 e. The molecule has 0 unspecified atom stereocenters. The van der Waals surface area contributed by atoms with Crippen LogP contribution in [0.15, 0.2) is 4.99 Å².